The van der Waals surface area contributed by atoms with Crippen LogP contribution in [-0.2, 0) is 59.2 Å². The molecule has 1 rings (SSSR count). The molecule has 0 aromatic carbocycles. The van der Waals surface area contributed by atoms with Crippen molar-refractivity contribution in [2.75, 3.05) is 0 Å². The average Bonchev–Trinajstić information content (AvgIpc) is 3.62. The van der Waals surface area contributed by atoms with Gasteiger partial charge in [0.2, 0.25) is 59.1 Å². The zero-order valence-electron chi connectivity index (χ0n) is 30.2. The maximum atomic E-state index is 13.7. The molecule has 0 aliphatic carbocycles. The van der Waals surface area contributed by atoms with E-state index in [4.69, 9.17) is 34.4 Å². The Kier molecular flexibility index (Phi) is 20.2. The van der Waals surface area contributed by atoms with Crippen LogP contribution in [0.2, 0.25) is 0 Å². The highest BCUT2D eigenvalue weighted by Gasteiger charge is 2.33. The molecule has 0 saturated carbocycles. The second-order valence-electron chi connectivity index (χ2n) is 12.6. The SMILES string of the molecule is NC(=O)CC[C@H](NC(=O)[C@H](CCC(N)=O)NC(=O)[C@H](Cc1cnc[nH]1)NC(=O)[C@H](CCC(N)=O)NC(=O)[C@H](CCC(N)=O)NC(=O)[C@@H](N)CCC(N)=O)C(=O)O. The molecular weight excluding hydrogens is 746 g/mol. The minimum atomic E-state index is -1.63. The highest BCUT2D eigenvalue weighted by Crippen LogP contribution is 2.08. The monoisotopic (exact) mass is 795 g/mol. The standard InChI is InChI=1S/C31H49N13O12/c32-15(1-6-21(33)45)26(50)40-16(2-7-22(34)46)27(51)41-18(4-9-24(36)48)29(53)44-20(11-14-12-38-13-39-14)30(54)42-17(3-8-23(35)47)28(52)43-19(31(55)56)5-10-25(37)49/h12-13,15-20H,1-11,32H2,(H2,33,45)(H2,34,46)(H2,35,47)(H2,36,48)(H2,37,49)(H,38,39)(H,40,50)(H,41,51)(H,42,54)(H,43,52)(H,44,53)(H,55,56)/t15-,16-,17-,18-,19-,20-/m0/s1. The third-order valence-electron chi connectivity index (χ3n) is 7.88. The van der Waals surface area contributed by atoms with E-state index >= 15 is 0 Å². The molecule has 0 fully saturated rings. The first-order valence-corrected chi connectivity index (χ1v) is 17.1. The second-order valence-corrected chi connectivity index (χ2v) is 12.6. The van der Waals surface area contributed by atoms with Crippen LogP contribution in [0.3, 0.4) is 0 Å². The zero-order valence-corrected chi connectivity index (χ0v) is 30.2. The van der Waals surface area contributed by atoms with Gasteiger partial charge in [-0.1, -0.05) is 0 Å². The van der Waals surface area contributed by atoms with E-state index < -0.39 is 146 Å². The molecule has 0 aliphatic heterocycles. The number of carboxylic acids is 1. The van der Waals surface area contributed by atoms with Gasteiger partial charge in [0.1, 0.15) is 30.2 Å². The van der Waals surface area contributed by atoms with Crippen LogP contribution in [0.5, 0.6) is 0 Å². The predicted molar refractivity (Wildman–Crippen MR) is 190 cm³/mol. The number of amides is 10. The van der Waals surface area contributed by atoms with Gasteiger partial charge in [0.25, 0.3) is 0 Å². The number of hydrogen-bond acceptors (Lipinski definition) is 13. The highest BCUT2D eigenvalue weighted by molar-refractivity contribution is 5.97. The Labute approximate surface area is 318 Å². The third kappa shape index (κ3) is 18.9. The number of carboxylic acid groups (broad SMARTS) is 1. The first kappa shape index (κ1) is 47.4. The zero-order chi connectivity index (χ0) is 42.5. The van der Waals surface area contributed by atoms with Crippen LogP contribution >= 0.6 is 0 Å². The van der Waals surface area contributed by atoms with Crippen molar-refractivity contribution >= 4 is 65.0 Å². The Morgan fingerprint density at radius 3 is 1.20 bits per heavy atom. The summed E-state index contributed by atoms with van der Waals surface area (Å²) in [6.07, 6.45) is -1.61. The number of nitrogens with zero attached hydrogens (tertiary/aromatic N) is 1. The van der Waals surface area contributed by atoms with Crippen molar-refractivity contribution in [1.82, 2.24) is 36.6 Å². The van der Waals surface area contributed by atoms with Crippen molar-refractivity contribution < 1.29 is 57.8 Å². The fourth-order valence-corrected chi connectivity index (χ4v) is 4.83. The summed E-state index contributed by atoms with van der Waals surface area (Å²) >= 11 is 0. The van der Waals surface area contributed by atoms with Gasteiger partial charge >= 0.3 is 5.97 Å². The van der Waals surface area contributed by atoms with Crippen LogP contribution in [-0.4, -0.2) is 116 Å². The van der Waals surface area contributed by atoms with E-state index in [2.05, 4.69) is 36.6 Å². The van der Waals surface area contributed by atoms with Gasteiger partial charge in [0.15, 0.2) is 0 Å². The van der Waals surface area contributed by atoms with Crippen LogP contribution in [0.15, 0.2) is 12.5 Å². The van der Waals surface area contributed by atoms with Gasteiger partial charge in [0.05, 0.1) is 12.4 Å². The molecule has 0 spiro atoms. The fraction of sp³-hybridized carbons (Fsp3) is 0.548. The Bertz CT molecular complexity index is 1600. The molecule has 25 nitrogen and oxygen atoms in total. The summed E-state index contributed by atoms with van der Waals surface area (Å²) in [4.78, 5) is 142. The normalized spacial score (nSPS) is 13.9. The van der Waals surface area contributed by atoms with Crippen molar-refractivity contribution in [3.05, 3.63) is 18.2 Å². The number of carbonyl (C=O) groups excluding carboxylic acids is 10. The average molecular weight is 796 g/mol. The van der Waals surface area contributed by atoms with Crippen molar-refractivity contribution in [2.24, 2.45) is 34.4 Å². The molecule has 10 amide bonds. The van der Waals surface area contributed by atoms with E-state index in [9.17, 15) is 57.8 Å². The van der Waals surface area contributed by atoms with E-state index in [-0.39, 0.29) is 31.4 Å². The Hall–Kier alpha value is -6.66. The van der Waals surface area contributed by atoms with Crippen LogP contribution in [0.1, 0.15) is 69.9 Å². The van der Waals surface area contributed by atoms with Crippen molar-refractivity contribution in [3.8, 4) is 0 Å². The molecule has 25 heteroatoms. The van der Waals surface area contributed by atoms with Gasteiger partial charge in [-0.25, -0.2) is 9.78 Å². The van der Waals surface area contributed by atoms with Gasteiger partial charge in [0, 0.05) is 50.4 Å². The summed E-state index contributed by atoms with van der Waals surface area (Å²) in [5.41, 5.74) is 32.0. The summed E-state index contributed by atoms with van der Waals surface area (Å²) in [5, 5.41) is 21.1. The van der Waals surface area contributed by atoms with E-state index in [1.54, 1.807) is 0 Å². The number of nitrogens with one attached hydrogen (secondary N) is 6. The lowest BCUT2D eigenvalue weighted by molar-refractivity contribution is -0.143. The van der Waals surface area contributed by atoms with Gasteiger partial charge in [-0.05, 0) is 32.1 Å². The molecule has 1 heterocycles. The van der Waals surface area contributed by atoms with E-state index in [1.165, 1.54) is 12.5 Å². The molecule has 0 aliphatic rings. The minimum absolute atomic E-state index is 0.185. The second kappa shape index (κ2) is 23.9. The lowest BCUT2D eigenvalue weighted by Crippen LogP contribution is -2.60. The molecule has 0 radical (unpaired) electrons. The third-order valence-corrected chi connectivity index (χ3v) is 7.88. The van der Waals surface area contributed by atoms with Crippen molar-refractivity contribution in [2.45, 2.75) is 107 Å². The number of primary amides is 5. The minimum Gasteiger partial charge on any atom is -0.480 e. The Morgan fingerprint density at radius 1 is 0.518 bits per heavy atom. The smallest absolute Gasteiger partial charge is 0.326 e. The summed E-state index contributed by atoms with van der Waals surface area (Å²) in [6.45, 7) is 0. The van der Waals surface area contributed by atoms with Crippen LogP contribution in [0, 0.1) is 0 Å². The number of aromatic amines is 1. The molecule has 56 heavy (non-hydrogen) atoms. The molecule has 1 aromatic rings. The Balaban J connectivity index is 3.40. The number of rotatable bonds is 28. The van der Waals surface area contributed by atoms with E-state index in [0.717, 1.165) is 0 Å². The highest BCUT2D eigenvalue weighted by atomic mass is 16.4. The Morgan fingerprint density at radius 2 is 0.839 bits per heavy atom. The first-order valence-electron chi connectivity index (χ1n) is 17.1. The quantitative estimate of drug-likeness (QED) is 0.0375. The number of hydrogen-bond donors (Lipinski definition) is 13. The molecule has 1 aromatic heterocycles. The van der Waals surface area contributed by atoms with Gasteiger partial charge in [-0.2, -0.15) is 0 Å². The number of aliphatic carboxylic acids is 1. The maximum Gasteiger partial charge on any atom is 0.326 e. The molecular formula is C31H49N13O12. The largest absolute Gasteiger partial charge is 0.480 e. The predicted octanol–water partition coefficient (Wildman–Crippen LogP) is -6.88. The first-order chi connectivity index (χ1) is 26.2. The summed E-state index contributed by atoms with van der Waals surface area (Å²) in [6, 6.07) is -9.27. The lowest BCUT2D eigenvalue weighted by Gasteiger charge is -2.27. The van der Waals surface area contributed by atoms with Crippen LogP contribution < -0.4 is 61.0 Å². The van der Waals surface area contributed by atoms with Gasteiger partial charge in [-0.3, -0.25) is 47.9 Å². The fourth-order valence-electron chi connectivity index (χ4n) is 4.83. The number of H-pyrrole nitrogens is 1. The van der Waals surface area contributed by atoms with Crippen LogP contribution in [0.25, 0.3) is 0 Å². The summed E-state index contributed by atoms with van der Waals surface area (Å²) in [7, 11) is 0. The van der Waals surface area contributed by atoms with Crippen molar-refractivity contribution in [3.63, 3.8) is 0 Å². The van der Waals surface area contributed by atoms with Gasteiger partial charge in [-0.15, -0.1) is 0 Å². The van der Waals surface area contributed by atoms with Gasteiger partial charge < -0.3 is 71.1 Å². The summed E-state index contributed by atoms with van der Waals surface area (Å²) in [5.74, 6) is -10.9. The lowest BCUT2D eigenvalue weighted by atomic mass is 10.0. The molecule has 0 saturated heterocycles. The topological polar surface area (TPSA) is 453 Å². The molecule has 310 valence electrons. The number of imidazole rings is 1. The number of aromatic nitrogens is 2. The van der Waals surface area contributed by atoms with Crippen molar-refractivity contribution in [1.29, 1.82) is 0 Å². The van der Waals surface area contributed by atoms with E-state index in [1.807, 2.05) is 0 Å². The number of nitrogens with two attached hydrogens (primary N) is 6. The molecule has 0 unspecified atom stereocenters. The number of carbonyl (C=O) groups is 11. The summed E-state index contributed by atoms with van der Waals surface area (Å²) < 4.78 is 0. The molecule has 6 atom stereocenters. The molecule has 0 bridgehead atoms. The van der Waals surface area contributed by atoms with E-state index in [0.29, 0.717) is 0 Å². The maximum absolute atomic E-state index is 13.7. The molecule has 19 N–H and O–H groups in total. The van der Waals surface area contributed by atoms with Crippen LogP contribution in [0.4, 0.5) is 0 Å².